The molecule has 0 unspecified atom stereocenters. The highest BCUT2D eigenvalue weighted by Gasteiger charge is 2.48. The van der Waals surface area contributed by atoms with Crippen molar-refractivity contribution in [2.45, 2.75) is 50.8 Å². The van der Waals surface area contributed by atoms with Crippen LogP contribution >= 0.6 is 0 Å². The van der Waals surface area contributed by atoms with Gasteiger partial charge in [-0.3, -0.25) is 9.59 Å². The van der Waals surface area contributed by atoms with E-state index >= 15 is 0 Å². The summed E-state index contributed by atoms with van der Waals surface area (Å²) in [5.74, 6) is -1.59. The average molecular weight is 541 g/mol. The van der Waals surface area contributed by atoms with Gasteiger partial charge in [0.15, 0.2) is 11.5 Å². The molecule has 0 radical (unpaired) electrons. The van der Waals surface area contributed by atoms with Crippen LogP contribution in [0.25, 0.3) is 17.0 Å². The summed E-state index contributed by atoms with van der Waals surface area (Å²) in [6, 6.07) is 8.38. The van der Waals surface area contributed by atoms with Crippen molar-refractivity contribution >= 4 is 28.8 Å². The fraction of sp³-hybridized carbons (Fsp3) is 0.321. The first-order valence-electron chi connectivity index (χ1n) is 12.1. The van der Waals surface area contributed by atoms with Crippen molar-refractivity contribution in [3.8, 4) is 11.5 Å². The maximum Gasteiger partial charge on any atom is 0.331 e. The lowest BCUT2D eigenvalue weighted by molar-refractivity contribution is -0.239. The van der Waals surface area contributed by atoms with E-state index in [1.165, 1.54) is 37.3 Å². The highest BCUT2D eigenvalue weighted by atomic mass is 16.6. The smallest absolute Gasteiger partial charge is 0.331 e. The van der Waals surface area contributed by atoms with Gasteiger partial charge in [-0.1, -0.05) is 12.1 Å². The first-order chi connectivity index (χ1) is 18.5. The Bertz CT molecular complexity index is 1470. The summed E-state index contributed by atoms with van der Waals surface area (Å²) in [5, 5.41) is 51.6. The van der Waals surface area contributed by atoms with Gasteiger partial charge in [-0.25, -0.2) is 4.79 Å². The number of aryl methyl sites for hydroxylation is 1. The van der Waals surface area contributed by atoms with Gasteiger partial charge in [-0.2, -0.15) is 0 Å². The van der Waals surface area contributed by atoms with Gasteiger partial charge in [0.1, 0.15) is 53.0 Å². The number of fused-ring (bicyclic) bond motifs is 1. The number of carbonyl (C=O) groups excluding carboxylic acids is 2. The number of aromatic hydroxyl groups is 2. The van der Waals surface area contributed by atoms with Crippen LogP contribution in [0.3, 0.4) is 0 Å². The fourth-order valence-electron chi connectivity index (χ4n) is 4.56. The predicted octanol–water partition coefficient (Wildman–Crippen LogP) is 1.42. The molecule has 11 heteroatoms. The van der Waals surface area contributed by atoms with Crippen molar-refractivity contribution in [3.05, 3.63) is 75.1 Å². The van der Waals surface area contributed by atoms with Gasteiger partial charge in [0.25, 0.3) is 0 Å². The second-order valence-electron chi connectivity index (χ2n) is 9.37. The molecule has 4 rings (SSSR count). The normalized spacial score (nSPS) is 23.3. The molecule has 0 saturated carbocycles. The van der Waals surface area contributed by atoms with Crippen LogP contribution < -0.4 is 5.43 Å². The second-order valence-corrected chi connectivity index (χ2v) is 9.37. The number of hydrogen-bond acceptors (Lipinski definition) is 11. The van der Waals surface area contributed by atoms with Crippen LogP contribution in [0.4, 0.5) is 0 Å². The number of benzene rings is 2. The van der Waals surface area contributed by atoms with Crippen molar-refractivity contribution in [1.29, 1.82) is 0 Å². The van der Waals surface area contributed by atoms with Crippen LogP contribution in [-0.2, 0) is 25.5 Å². The minimum atomic E-state index is -1.77. The van der Waals surface area contributed by atoms with Gasteiger partial charge < -0.3 is 39.4 Å². The summed E-state index contributed by atoms with van der Waals surface area (Å²) in [6.45, 7) is 2.16. The maximum atomic E-state index is 13.0. The Balaban J connectivity index is 1.80. The Morgan fingerprint density at radius 3 is 2.41 bits per heavy atom. The highest BCUT2D eigenvalue weighted by molar-refractivity contribution is 5.88. The van der Waals surface area contributed by atoms with Crippen LogP contribution in [0.5, 0.6) is 11.5 Å². The lowest BCUT2D eigenvalue weighted by Gasteiger charge is -2.42. The SMILES string of the molecule is CC(=O)Cc1cc(=O)c2c(C)cc(O)c([C@@H]3O[C@H](CO)[C@@H](O)[C@H](O)[C@H]3OC(=O)/C=C/c3ccc(O)cc3)c2o1. The van der Waals surface area contributed by atoms with E-state index in [4.69, 9.17) is 13.9 Å². The Morgan fingerprint density at radius 1 is 1.08 bits per heavy atom. The summed E-state index contributed by atoms with van der Waals surface area (Å²) in [6.07, 6.45) is -5.63. The molecule has 2 heterocycles. The van der Waals surface area contributed by atoms with Gasteiger partial charge in [-0.05, 0) is 49.2 Å². The second kappa shape index (κ2) is 11.4. The zero-order valence-corrected chi connectivity index (χ0v) is 21.1. The lowest BCUT2D eigenvalue weighted by atomic mass is 9.89. The molecular formula is C28H28O11. The summed E-state index contributed by atoms with van der Waals surface area (Å²) in [5.41, 5.74) is 0.107. The van der Waals surface area contributed by atoms with Gasteiger partial charge in [0.05, 0.1) is 24.0 Å². The molecule has 0 bridgehead atoms. The van der Waals surface area contributed by atoms with E-state index in [-0.39, 0.29) is 40.2 Å². The van der Waals surface area contributed by atoms with Crippen molar-refractivity contribution in [3.63, 3.8) is 0 Å². The Hall–Kier alpha value is -4.03. The van der Waals surface area contributed by atoms with Gasteiger partial charge in [0, 0.05) is 12.1 Å². The Labute approximate surface area is 222 Å². The molecular weight excluding hydrogens is 512 g/mol. The molecule has 2 aromatic carbocycles. The molecule has 0 amide bonds. The zero-order valence-electron chi connectivity index (χ0n) is 21.1. The molecule has 1 saturated heterocycles. The molecule has 3 aromatic rings. The van der Waals surface area contributed by atoms with Crippen molar-refractivity contribution in [1.82, 2.24) is 0 Å². The van der Waals surface area contributed by atoms with E-state index < -0.39 is 54.3 Å². The maximum absolute atomic E-state index is 13.0. The number of phenolic OH excluding ortho intramolecular Hbond substituents is 2. The monoisotopic (exact) mass is 540 g/mol. The fourth-order valence-corrected chi connectivity index (χ4v) is 4.56. The predicted molar refractivity (Wildman–Crippen MR) is 137 cm³/mol. The molecule has 1 aliphatic rings. The van der Waals surface area contributed by atoms with Crippen molar-refractivity contribution in [2.24, 2.45) is 0 Å². The molecule has 5 N–H and O–H groups in total. The third kappa shape index (κ3) is 5.86. The first kappa shape index (κ1) is 28.0. The zero-order chi connectivity index (χ0) is 28.4. The van der Waals surface area contributed by atoms with E-state index in [0.717, 1.165) is 6.08 Å². The number of phenols is 2. The quantitative estimate of drug-likeness (QED) is 0.216. The van der Waals surface area contributed by atoms with Crippen LogP contribution in [-0.4, -0.2) is 68.3 Å². The largest absolute Gasteiger partial charge is 0.508 e. The summed E-state index contributed by atoms with van der Waals surface area (Å²) >= 11 is 0. The number of ether oxygens (including phenoxy) is 2. The number of hydrogen-bond donors (Lipinski definition) is 5. The molecule has 1 fully saturated rings. The third-order valence-corrected chi connectivity index (χ3v) is 6.40. The lowest BCUT2D eigenvalue weighted by Crippen LogP contribution is -2.56. The Morgan fingerprint density at radius 2 is 1.77 bits per heavy atom. The Kier molecular flexibility index (Phi) is 8.17. The van der Waals surface area contributed by atoms with Gasteiger partial charge >= 0.3 is 5.97 Å². The van der Waals surface area contributed by atoms with Crippen LogP contribution in [0.15, 0.2) is 51.7 Å². The number of carbonyl (C=O) groups is 2. The number of esters is 1. The topological polar surface area (TPSA) is 184 Å². The number of aliphatic hydroxyl groups is 3. The van der Waals surface area contributed by atoms with E-state index in [1.54, 1.807) is 19.1 Å². The van der Waals surface area contributed by atoms with Crippen molar-refractivity contribution in [2.75, 3.05) is 6.61 Å². The molecule has 1 aliphatic heterocycles. The summed E-state index contributed by atoms with van der Waals surface area (Å²) in [4.78, 5) is 37.4. The van der Waals surface area contributed by atoms with E-state index in [2.05, 4.69) is 0 Å². The molecule has 1 aromatic heterocycles. The average Bonchev–Trinajstić information content (AvgIpc) is 2.86. The van der Waals surface area contributed by atoms with Crippen LogP contribution in [0.1, 0.15) is 35.5 Å². The number of ketones is 1. The van der Waals surface area contributed by atoms with E-state index in [9.17, 15) is 39.9 Å². The van der Waals surface area contributed by atoms with Crippen LogP contribution in [0, 0.1) is 6.92 Å². The van der Waals surface area contributed by atoms with Crippen molar-refractivity contribution < 1.29 is 49.0 Å². The third-order valence-electron chi connectivity index (χ3n) is 6.40. The van der Waals surface area contributed by atoms with E-state index in [1.807, 2.05) is 0 Å². The molecule has 39 heavy (non-hydrogen) atoms. The number of aliphatic hydroxyl groups excluding tert-OH is 3. The number of Topliss-reactive ketones (excluding diaryl/α,β-unsaturated/α-hetero) is 1. The standard InChI is InChI=1S/C28H28O11/c1-13-9-18(32)23(26-22(13)19(33)11-17(37-26)10-14(2)30)27-28(25(36)24(35)20(12-29)38-27)39-21(34)8-5-15-3-6-16(31)7-4-15/h3-9,11,20,24-25,27-29,31-32,35-36H,10,12H2,1-2H3/b8-5+/t20-,24-,25+,27+,28-/m1/s1. The summed E-state index contributed by atoms with van der Waals surface area (Å²) < 4.78 is 17.1. The van der Waals surface area contributed by atoms with Crippen LogP contribution in [0.2, 0.25) is 0 Å². The minimum Gasteiger partial charge on any atom is -0.508 e. The van der Waals surface area contributed by atoms with Gasteiger partial charge in [0.2, 0.25) is 0 Å². The summed E-state index contributed by atoms with van der Waals surface area (Å²) in [7, 11) is 0. The van der Waals surface area contributed by atoms with Gasteiger partial charge in [-0.15, -0.1) is 0 Å². The molecule has 206 valence electrons. The highest BCUT2D eigenvalue weighted by Crippen LogP contribution is 2.42. The minimum absolute atomic E-state index is 0.0201. The molecule has 11 nitrogen and oxygen atoms in total. The van der Waals surface area contributed by atoms with E-state index in [0.29, 0.717) is 11.1 Å². The number of rotatable bonds is 7. The molecule has 5 atom stereocenters. The molecule has 0 aliphatic carbocycles. The first-order valence-corrected chi connectivity index (χ1v) is 12.1. The molecule has 0 spiro atoms.